The number of benzene rings is 2. The molecule has 1 aliphatic rings. The van der Waals surface area contributed by atoms with Crippen LogP contribution < -0.4 is 5.32 Å². The Balaban J connectivity index is 1.72. The average molecular weight is 294 g/mol. The predicted molar refractivity (Wildman–Crippen MR) is 89.1 cm³/mol. The van der Waals surface area contributed by atoms with Crippen molar-refractivity contribution in [2.24, 2.45) is 0 Å². The largest absolute Gasteiger partial charge is 0.315 e. The number of aryl methyl sites for hydroxylation is 1. The Bertz CT molecular complexity index is 754. The van der Waals surface area contributed by atoms with Crippen LogP contribution in [0.2, 0.25) is 0 Å². The lowest BCUT2D eigenvalue weighted by Gasteiger charge is -2.43. The van der Waals surface area contributed by atoms with E-state index in [-0.39, 0.29) is 5.41 Å². The van der Waals surface area contributed by atoms with Gasteiger partial charge in [0.25, 0.3) is 0 Å². The molecule has 0 atom stereocenters. The van der Waals surface area contributed by atoms with Gasteiger partial charge in [0.05, 0.1) is 15.2 Å². The maximum atomic E-state index is 4.83. The molecule has 0 amide bonds. The van der Waals surface area contributed by atoms with Crippen molar-refractivity contribution in [3.05, 3.63) is 64.7 Å². The number of hydrogen-bond donors (Lipinski definition) is 1. The van der Waals surface area contributed by atoms with Gasteiger partial charge in [-0.15, -0.1) is 11.3 Å². The second kappa shape index (κ2) is 4.93. The molecule has 4 rings (SSSR count). The van der Waals surface area contributed by atoms with Gasteiger partial charge >= 0.3 is 0 Å². The molecule has 2 nitrogen and oxygen atoms in total. The van der Waals surface area contributed by atoms with Gasteiger partial charge in [0.1, 0.15) is 0 Å². The van der Waals surface area contributed by atoms with Gasteiger partial charge in [0, 0.05) is 24.9 Å². The van der Waals surface area contributed by atoms with E-state index in [4.69, 9.17) is 4.98 Å². The first kappa shape index (κ1) is 13.0. The van der Waals surface area contributed by atoms with Crippen LogP contribution in [0.3, 0.4) is 0 Å². The highest BCUT2D eigenvalue weighted by atomic mass is 32.1. The number of fused-ring (bicyclic) bond motifs is 1. The van der Waals surface area contributed by atoms with Crippen LogP contribution >= 0.6 is 11.3 Å². The SMILES string of the molecule is Cc1ccccc1C1(Cc2nc3ccccc3s2)CNC1. The first-order valence-corrected chi connectivity index (χ1v) is 8.20. The lowest BCUT2D eigenvalue weighted by atomic mass is 9.71. The molecule has 1 aliphatic heterocycles. The highest BCUT2D eigenvalue weighted by molar-refractivity contribution is 7.18. The van der Waals surface area contributed by atoms with Gasteiger partial charge in [0.15, 0.2) is 0 Å². The quantitative estimate of drug-likeness (QED) is 0.797. The minimum absolute atomic E-state index is 0.221. The van der Waals surface area contributed by atoms with Crippen LogP contribution in [0.1, 0.15) is 16.1 Å². The van der Waals surface area contributed by atoms with Crippen LogP contribution in [0.15, 0.2) is 48.5 Å². The van der Waals surface area contributed by atoms with Gasteiger partial charge in [-0.3, -0.25) is 0 Å². The Labute approximate surface area is 128 Å². The highest BCUT2D eigenvalue weighted by Crippen LogP contribution is 2.36. The van der Waals surface area contributed by atoms with Crippen molar-refractivity contribution in [1.82, 2.24) is 10.3 Å². The highest BCUT2D eigenvalue weighted by Gasteiger charge is 2.40. The van der Waals surface area contributed by atoms with E-state index in [9.17, 15) is 0 Å². The molecule has 0 bridgehead atoms. The van der Waals surface area contributed by atoms with Gasteiger partial charge < -0.3 is 5.32 Å². The molecule has 3 heteroatoms. The monoisotopic (exact) mass is 294 g/mol. The Hall–Kier alpha value is -1.71. The normalized spacial score (nSPS) is 16.8. The van der Waals surface area contributed by atoms with Crippen molar-refractivity contribution in [3.8, 4) is 0 Å². The molecular formula is C18H18N2S. The number of nitrogens with one attached hydrogen (secondary N) is 1. The summed E-state index contributed by atoms with van der Waals surface area (Å²) in [4.78, 5) is 4.83. The Morgan fingerprint density at radius 2 is 1.86 bits per heavy atom. The van der Waals surface area contributed by atoms with Crippen LogP contribution in [-0.2, 0) is 11.8 Å². The van der Waals surface area contributed by atoms with Gasteiger partial charge in [-0.2, -0.15) is 0 Å². The maximum Gasteiger partial charge on any atom is 0.0948 e. The summed E-state index contributed by atoms with van der Waals surface area (Å²) >= 11 is 1.84. The number of para-hydroxylation sites is 1. The molecule has 21 heavy (non-hydrogen) atoms. The minimum atomic E-state index is 0.221. The molecule has 3 aromatic rings. The summed E-state index contributed by atoms with van der Waals surface area (Å²) in [6.45, 7) is 4.31. The molecule has 0 radical (unpaired) electrons. The summed E-state index contributed by atoms with van der Waals surface area (Å²) in [5.41, 5.74) is 4.21. The van der Waals surface area contributed by atoms with E-state index in [1.807, 2.05) is 11.3 Å². The van der Waals surface area contributed by atoms with Gasteiger partial charge in [0.2, 0.25) is 0 Å². The predicted octanol–water partition coefficient (Wildman–Crippen LogP) is 3.69. The Morgan fingerprint density at radius 1 is 1.10 bits per heavy atom. The second-order valence-electron chi connectivity index (χ2n) is 5.95. The van der Waals surface area contributed by atoms with E-state index in [1.54, 1.807) is 0 Å². The standard InChI is InChI=1S/C18H18N2S/c1-13-6-2-3-7-14(13)18(11-19-12-18)10-17-20-15-8-4-5-9-16(15)21-17/h2-9,19H,10-12H2,1H3. The molecule has 0 unspecified atom stereocenters. The van der Waals surface area contributed by atoms with Crippen LogP contribution in [-0.4, -0.2) is 18.1 Å². The van der Waals surface area contributed by atoms with Crippen molar-refractivity contribution < 1.29 is 0 Å². The third-order valence-corrected chi connectivity index (χ3v) is 5.51. The fourth-order valence-corrected chi connectivity index (χ4v) is 4.40. The number of aromatic nitrogens is 1. The fraction of sp³-hybridized carbons (Fsp3) is 0.278. The van der Waals surface area contributed by atoms with Gasteiger partial charge in [-0.05, 0) is 30.2 Å². The summed E-state index contributed by atoms with van der Waals surface area (Å²) in [6, 6.07) is 17.2. The summed E-state index contributed by atoms with van der Waals surface area (Å²) in [5.74, 6) is 0. The summed E-state index contributed by atoms with van der Waals surface area (Å²) < 4.78 is 1.29. The minimum Gasteiger partial charge on any atom is -0.315 e. The lowest BCUT2D eigenvalue weighted by Crippen LogP contribution is -2.58. The molecular weight excluding hydrogens is 276 g/mol. The zero-order chi connectivity index (χ0) is 14.3. The molecule has 1 aromatic heterocycles. The van der Waals surface area contributed by atoms with Crippen LogP contribution in [0.5, 0.6) is 0 Å². The first-order chi connectivity index (χ1) is 10.3. The lowest BCUT2D eigenvalue weighted by molar-refractivity contribution is 0.273. The molecule has 2 aromatic carbocycles. The average Bonchev–Trinajstić information content (AvgIpc) is 2.86. The molecule has 0 saturated carbocycles. The van der Waals surface area contributed by atoms with E-state index in [2.05, 4.69) is 60.8 Å². The van der Waals surface area contributed by atoms with Crippen LogP contribution in [0.4, 0.5) is 0 Å². The van der Waals surface area contributed by atoms with E-state index in [0.717, 1.165) is 25.0 Å². The molecule has 0 spiro atoms. The second-order valence-corrected chi connectivity index (χ2v) is 7.07. The van der Waals surface area contributed by atoms with Crippen LogP contribution in [0, 0.1) is 6.92 Å². The van der Waals surface area contributed by atoms with E-state index in [1.165, 1.54) is 20.8 Å². The van der Waals surface area contributed by atoms with Crippen molar-refractivity contribution in [1.29, 1.82) is 0 Å². The summed E-state index contributed by atoms with van der Waals surface area (Å²) in [6.07, 6.45) is 1.03. The molecule has 0 aliphatic carbocycles. The van der Waals surface area contributed by atoms with Crippen LogP contribution in [0.25, 0.3) is 10.2 Å². The van der Waals surface area contributed by atoms with Crippen molar-refractivity contribution in [2.45, 2.75) is 18.8 Å². The molecule has 1 N–H and O–H groups in total. The molecule has 106 valence electrons. The number of nitrogens with zero attached hydrogens (tertiary/aromatic N) is 1. The molecule has 1 fully saturated rings. The smallest absolute Gasteiger partial charge is 0.0948 e. The topological polar surface area (TPSA) is 24.9 Å². The molecule has 2 heterocycles. The Morgan fingerprint density at radius 3 is 2.57 bits per heavy atom. The third-order valence-electron chi connectivity index (χ3n) is 4.47. The van der Waals surface area contributed by atoms with E-state index in [0.29, 0.717) is 0 Å². The summed E-state index contributed by atoms with van der Waals surface area (Å²) in [7, 11) is 0. The third kappa shape index (κ3) is 2.17. The van der Waals surface area contributed by atoms with E-state index < -0.39 is 0 Å². The first-order valence-electron chi connectivity index (χ1n) is 7.38. The zero-order valence-corrected chi connectivity index (χ0v) is 12.9. The summed E-state index contributed by atoms with van der Waals surface area (Å²) in [5, 5.41) is 4.71. The zero-order valence-electron chi connectivity index (χ0n) is 12.1. The number of hydrogen-bond acceptors (Lipinski definition) is 3. The van der Waals surface area contributed by atoms with Crippen molar-refractivity contribution in [3.63, 3.8) is 0 Å². The van der Waals surface area contributed by atoms with E-state index >= 15 is 0 Å². The van der Waals surface area contributed by atoms with Crippen molar-refractivity contribution >= 4 is 21.6 Å². The van der Waals surface area contributed by atoms with Crippen molar-refractivity contribution in [2.75, 3.05) is 13.1 Å². The van der Waals surface area contributed by atoms with Gasteiger partial charge in [-0.25, -0.2) is 4.98 Å². The van der Waals surface area contributed by atoms with Gasteiger partial charge in [-0.1, -0.05) is 36.4 Å². The number of rotatable bonds is 3. The maximum absolute atomic E-state index is 4.83. The Kier molecular flexibility index (Phi) is 3.05. The molecule has 1 saturated heterocycles. The fourth-order valence-electron chi connectivity index (χ4n) is 3.29. The number of thiazole rings is 1.